The van der Waals surface area contributed by atoms with Gasteiger partial charge in [0.1, 0.15) is 18.1 Å². The largest absolute Gasteiger partial charge is 0.487 e. The van der Waals surface area contributed by atoms with E-state index >= 15 is 0 Å². The molecule has 7 heteroatoms. The van der Waals surface area contributed by atoms with Crippen LogP contribution in [-0.2, 0) is 11.4 Å². The number of carbonyl (C=O) groups is 1. The van der Waals surface area contributed by atoms with E-state index in [1.807, 2.05) is 103 Å². The molecule has 178 valence electrons. The maximum atomic E-state index is 13.7. The van der Waals surface area contributed by atoms with E-state index in [0.717, 1.165) is 25.6 Å². The Morgan fingerprint density at radius 3 is 2.28 bits per heavy atom. The van der Waals surface area contributed by atoms with Crippen LogP contribution in [-0.4, -0.2) is 11.6 Å². The Bertz CT molecular complexity index is 1490. The number of amides is 1. The van der Waals surface area contributed by atoms with Crippen LogP contribution >= 0.6 is 43.5 Å². The SMILES string of the molecule is O=C1/C(=C\c2cc(Br)cc(Br)c2OCc2ccccc2Cl)C(c2ccccc2)=NN1c1ccccc1. The Hall–Kier alpha value is -3.19. The van der Waals surface area contributed by atoms with Gasteiger partial charge in [-0.15, -0.1) is 0 Å². The van der Waals surface area contributed by atoms with Crippen molar-refractivity contribution in [3.63, 3.8) is 0 Å². The molecule has 0 aromatic heterocycles. The van der Waals surface area contributed by atoms with Crippen molar-refractivity contribution in [1.82, 2.24) is 0 Å². The van der Waals surface area contributed by atoms with Gasteiger partial charge in [-0.3, -0.25) is 4.79 Å². The number of halogens is 3. The average Bonchev–Trinajstić information content (AvgIpc) is 3.21. The van der Waals surface area contributed by atoms with Crippen molar-refractivity contribution in [2.75, 3.05) is 5.01 Å². The van der Waals surface area contributed by atoms with Gasteiger partial charge in [0, 0.05) is 26.2 Å². The van der Waals surface area contributed by atoms with Crippen molar-refractivity contribution in [2.45, 2.75) is 6.61 Å². The summed E-state index contributed by atoms with van der Waals surface area (Å²) in [5.74, 6) is 0.386. The highest BCUT2D eigenvalue weighted by Gasteiger charge is 2.32. The third-order valence-electron chi connectivity index (χ3n) is 5.59. The number of hydrogen-bond donors (Lipinski definition) is 0. The maximum Gasteiger partial charge on any atom is 0.281 e. The van der Waals surface area contributed by atoms with Gasteiger partial charge in [-0.1, -0.05) is 94.3 Å². The van der Waals surface area contributed by atoms with Gasteiger partial charge in [-0.25, -0.2) is 0 Å². The van der Waals surface area contributed by atoms with E-state index in [0.29, 0.717) is 27.7 Å². The van der Waals surface area contributed by atoms with E-state index in [2.05, 4.69) is 31.9 Å². The summed E-state index contributed by atoms with van der Waals surface area (Å²) in [6.07, 6.45) is 1.83. The van der Waals surface area contributed by atoms with Crippen molar-refractivity contribution in [1.29, 1.82) is 0 Å². The summed E-state index contributed by atoms with van der Waals surface area (Å²) in [5, 5.41) is 6.79. The molecule has 36 heavy (non-hydrogen) atoms. The Morgan fingerprint density at radius 2 is 1.56 bits per heavy atom. The highest BCUT2D eigenvalue weighted by atomic mass is 79.9. The molecule has 0 saturated carbocycles. The molecule has 0 N–H and O–H groups in total. The fourth-order valence-corrected chi connectivity index (χ4v) is 5.42. The normalized spacial score (nSPS) is 14.3. The van der Waals surface area contributed by atoms with Gasteiger partial charge in [-0.05, 0) is 52.3 Å². The fourth-order valence-electron chi connectivity index (χ4n) is 3.86. The van der Waals surface area contributed by atoms with Crippen LogP contribution in [0.2, 0.25) is 5.02 Å². The highest BCUT2D eigenvalue weighted by molar-refractivity contribution is 9.11. The average molecular weight is 623 g/mol. The zero-order valence-electron chi connectivity index (χ0n) is 18.9. The molecule has 0 fully saturated rings. The Morgan fingerprint density at radius 1 is 0.889 bits per heavy atom. The number of benzene rings is 4. The summed E-state index contributed by atoms with van der Waals surface area (Å²) in [6.45, 7) is 0.278. The van der Waals surface area contributed by atoms with E-state index in [-0.39, 0.29) is 12.5 Å². The number of hydrazone groups is 1. The zero-order valence-corrected chi connectivity index (χ0v) is 22.8. The first-order valence-corrected chi connectivity index (χ1v) is 13.1. The molecule has 1 aliphatic rings. The zero-order chi connectivity index (χ0) is 25.1. The molecule has 4 nitrogen and oxygen atoms in total. The summed E-state index contributed by atoms with van der Waals surface area (Å²) >= 11 is 13.5. The van der Waals surface area contributed by atoms with Gasteiger partial charge in [0.2, 0.25) is 0 Å². The molecule has 0 aliphatic carbocycles. The Labute approximate surface area is 231 Å². The first kappa shape index (κ1) is 24.5. The van der Waals surface area contributed by atoms with Crippen LogP contribution in [0, 0.1) is 0 Å². The van der Waals surface area contributed by atoms with Gasteiger partial charge in [0.05, 0.1) is 15.7 Å². The maximum absolute atomic E-state index is 13.7. The van der Waals surface area contributed by atoms with E-state index in [1.54, 1.807) is 0 Å². The Balaban J connectivity index is 1.59. The molecule has 0 atom stereocenters. The molecule has 0 bridgehead atoms. The van der Waals surface area contributed by atoms with Crippen LogP contribution in [0.25, 0.3) is 6.08 Å². The Kier molecular flexibility index (Phi) is 7.37. The molecule has 1 amide bonds. The van der Waals surface area contributed by atoms with Crippen molar-refractivity contribution >= 4 is 66.8 Å². The molecular weight excluding hydrogens is 604 g/mol. The molecule has 4 aromatic carbocycles. The van der Waals surface area contributed by atoms with Gasteiger partial charge >= 0.3 is 0 Å². The fraction of sp³-hybridized carbons (Fsp3) is 0.0345. The van der Waals surface area contributed by atoms with Gasteiger partial charge in [-0.2, -0.15) is 10.1 Å². The molecular formula is C29H19Br2ClN2O2. The first-order chi connectivity index (χ1) is 17.5. The summed E-state index contributed by atoms with van der Waals surface area (Å²) in [5.41, 5.74) is 4.21. The summed E-state index contributed by atoms with van der Waals surface area (Å²) < 4.78 is 7.82. The molecule has 0 spiro atoms. The summed E-state index contributed by atoms with van der Waals surface area (Å²) in [6, 6.07) is 30.5. The molecule has 1 aliphatic heterocycles. The molecule has 0 saturated heterocycles. The lowest BCUT2D eigenvalue weighted by Gasteiger charge is -2.14. The second-order valence-corrected chi connectivity index (χ2v) is 10.2. The molecule has 5 rings (SSSR count). The van der Waals surface area contributed by atoms with Gasteiger partial charge < -0.3 is 4.74 Å². The predicted octanol–water partition coefficient (Wildman–Crippen LogP) is 8.28. The minimum atomic E-state index is -0.215. The lowest BCUT2D eigenvalue weighted by Crippen LogP contribution is -2.21. The van der Waals surface area contributed by atoms with Crippen LogP contribution in [0.3, 0.4) is 0 Å². The van der Waals surface area contributed by atoms with Crippen molar-refractivity contribution in [3.05, 3.63) is 133 Å². The number of hydrogen-bond acceptors (Lipinski definition) is 3. The number of carbonyl (C=O) groups excluding carboxylic acids is 1. The van der Waals surface area contributed by atoms with Crippen LogP contribution in [0.4, 0.5) is 5.69 Å². The van der Waals surface area contributed by atoms with Crippen LogP contribution in [0.5, 0.6) is 5.75 Å². The third kappa shape index (κ3) is 5.16. The first-order valence-electron chi connectivity index (χ1n) is 11.1. The van der Waals surface area contributed by atoms with Gasteiger partial charge in [0.25, 0.3) is 5.91 Å². The summed E-state index contributed by atoms with van der Waals surface area (Å²) in [4.78, 5) is 13.7. The molecule has 0 radical (unpaired) electrons. The lowest BCUT2D eigenvalue weighted by molar-refractivity contribution is -0.114. The number of para-hydroxylation sites is 1. The number of rotatable bonds is 6. The van der Waals surface area contributed by atoms with Crippen molar-refractivity contribution < 1.29 is 9.53 Å². The van der Waals surface area contributed by atoms with E-state index in [4.69, 9.17) is 21.4 Å². The molecule has 0 unspecified atom stereocenters. The monoisotopic (exact) mass is 620 g/mol. The minimum Gasteiger partial charge on any atom is -0.487 e. The number of nitrogens with zero attached hydrogens (tertiary/aromatic N) is 2. The standard InChI is InChI=1S/C29H19Br2ClN2O2/c30-22-15-21(28(25(31)17-22)36-18-20-11-7-8-14-26(20)32)16-24-27(19-9-3-1-4-10-19)33-34(29(24)35)23-12-5-2-6-13-23/h1-17H,18H2/b24-16-. The van der Waals surface area contributed by atoms with E-state index < -0.39 is 0 Å². The van der Waals surface area contributed by atoms with Crippen molar-refractivity contribution in [3.8, 4) is 5.75 Å². The second kappa shape index (κ2) is 10.8. The van der Waals surface area contributed by atoms with Crippen molar-refractivity contribution in [2.24, 2.45) is 5.10 Å². The van der Waals surface area contributed by atoms with E-state index in [1.165, 1.54) is 5.01 Å². The van der Waals surface area contributed by atoms with E-state index in [9.17, 15) is 4.79 Å². The summed E-state index contributed by atoms with van der Waals surface area (Å²) in [7, 11) is 0. The lowest BCUT2D eigenvalue weighted by atomic mass is 10.00. The molecule has 1 heterocycles. The number of ether oxygens (including phenoxy) is 1. The smallest absolute Gasteiger partial charge is 0.281 e. The predicted molar refractivity (Wildman–Crippen MR) is 153 cm³/mol. The topological polar surface area (TPSA) is 41.9 Å². The second-order valence-electron chi connectivity index (χ2n) is 8.01. The minimum absolute atomic E-state index is 0.215. The van der Waals surface area contributed by atoms with Crippen LogP contribution in [0.1, 0.15) is 16.7 Å². The quantitative estimate of drug-likeness (QED) is 0.203. The van der Waals surface area contributed by atoms with Crippen LogP contribution < -0.4 is 9.75 Å². The third-order valence-corrected chi connectivity index (χ3v) is 7.01. The molecule has 4 aromatic rings. The number of anilines is 1. The van der Waals surface area contributed by atoms with Gasteiger partial charge in [0.15, 0.2) is 0 Å². The van der Waals surface area contributed by atoms with Crippen LogP contribution in [0.15, 0.2) is 117 Å². The highest BCUT2D eigenvalue weighted by Crippen LogP contribution is 2.37.